The van der Waals surface area contributed by atoms with Crippen LogP contribution in [0.3, 0.4) is 0 Å². The summed E-state index contributed by atoms with van der Waals surface area (Å²) >= 11 is 0. The standard InChI is InChI=1S/C74H144O17P2/c1-9-65(6)51-43-35-27-20-16-14-12-13-15-17-22-30-40-48-56-73(78)91-70(61-85-72(77)55-47-39-33-32-37-45-53-67(8)11-3)63-89-93(82,83)87-59-68(75)58-86-92(80,81)88-62-69(60-84-71(76)54-46-38-29-25-24-26-34-42-50-64(4)5)90-74(79)57-49-41-31-23-19-18-21-28-36-44-52-66(7)10-2/h64-70,75H,9-63H2,1-8H3,(H,80,81)(H,82,83)/t65?,66?,67?,68-,69-,70-/m1/s1. The highest BCUT2D eigenvalue weighted by atomic mass is 31.2. The van der Waals surface area contributed by atoms with Crippen molar-refractivity contribution in [1.82, 2.24) is 0 Å². The summed E-state index contributed by atoms with van der Waals surface area (Å²) in [6.07, 6.45) is 47.1. The molecule has 0 fully saturated rings. The lowest BCUT2D eigenvalue weighted by Crippen LogP contribution is -2.30. The maximum absolute atomic E-state index is 13.1. The smallest absolute Gasteiger partial charge is 0.462 e. The van der Waals surface area contributed by atoms with E-state index >= 15 is 0 Å². The Morgan fingerprint density at radius 2 is 0.516 bits per heavy atom. The number of phosphoric acid groups is 2. The summed E-state index contributed by atoms with van der Waals surface area (Å²) < 4.78 is 68.4. The minimum absolute atomic E-state index is 0.105. The van der Waals surface area contributed by atoms with Crippen LogP contribution in [-0.4, -0.2) is 96.7 Å². The number of hydrogen-bond donors (Lipinski definition) is 3. The summed E-state index contributed by atoms with van der Waals surface area (Å²) in [4.78, 5) is 72.7. The van der Waals surface area contributed by atoms with E-state index in [1.54, 1.807) is 0 Å². The van der Waals surface area contributed by atoms with Crippen molar-refractivity contribution < 1.29 is 80.2 Å². The van der Waals surface area contributed by atoms with Crippen LogP contribution in [0.15, 0.2) is 0 Å². The molecule has 552 valence electrons. The molecule has 0 bridgehead atoms. The van der Waals surface area contributed by atoms with Crippen LogP contribution in [0, 0.1) is 23.7 Å². The molecule has 0 aliphatic rings. The molecule has 0 heterocycles. The first kappa shape index (κ1) is 91.1. The van der Waals surface area contributed by atoms with Crippen LogP contribution in [0.2, 0.25) is 0 Å². The van der Waals surface area contributed by atoms with Crippen molar-refractivity contribution in [3.8, 4) is 0 Å². The Morgan fingerprint density at radius 1 is 0.301 bits per heavy atom. The van der Waals surface area contributed by atoms with Gasteiger partial charge in [0.2, 0.25) is 0 Å². The number of aliphatic hydroxyl groups is 1. The van der Waals surface area contributed by atoms with E-state index in [9.17, 15) is 43.2 Å². The molecule has 0 rings (SSSR count). The summed E-state index contributed by atoms with van der Waals surface area (Å²) in [5.41, 5.74) is 0. The van der Waals surface area contributed by atoms with Gasteiger partial charge in [0.1, 0.15) is 19.3 Å². The van der Waals surface area contributed by atoms with Crippen molar-refractivity contribution in [2.24, 2.45) is 23.7 Å². The predicted molar refractivity (Wildman–Crippen MR) is 377 cm³/mol. The second kappa shape index (κ2) is 63.5. The molecule has 8 atom stereocenters. The Kier molecular flexibility index (Phi) is 62.2. The highest BCUT2D eigenvalue weighted by Gasteiger charge is 2.30. The van der Waals surface area contributed by atoms with Crippen LogP contribution in [-0.2, 0) is 65.4 Å². The summed E-state index contributed by atoms with van der Waals surface area (Å²) in [5.74, 6) is 0.981. The number of ether oxygens (including phenoxy) is 4. The van der Waals surface area contributed by atoms with Crippen LogP contribution in [0.25, 0.3) is 0 Å². The molecule has 0 aliphatic heterocycles. The van der Waals surface area contributed by atoms with Crippen LogP contribution in [0.4, 0.5) is 0 Å². The van der Waals surface area contributed by atoms with Gasteiger partial charge in [-0.15, -0.1) is 0 Å². The average Bonchev–Trinajstić information content (AvgIpc) is 1.79. The molecule has 5 unspecified atom stereocenters. The van der Waals surface area contributed by atoms with Crippen LogP contribution in [0.5, 0.6) is 0 Å². The minimum atomic E-state index is -4.96. The molecular formula is C74H144O17P2. The number of unbranched alkanes of at least 4 members (excludes halogenated alkanes) is 34. The van der Waals surface area contributed by atoms with Gasteiger partial charge < -0.3 is 33.8 Å². The lowest BCUT2D eigenvalue weighted by molar-refractivity contribution is -0.161. The van der Waals surface area contributed by atoms with Gasteiger partial charge in [-0.25, -0.2) is 9.13 Å². The zero-order chi connectivity index (χ0) is 68.9. The summed E-state index contributed by atoms with van der Waals surface area (Å²) in [6, 6.07) is 0. The molecule has 0 aliphatic carbocycles. The van der Waals surface area contributed by atoms with Crippen molar-refractivity contribution in [2.75, 3.05) is 39.6 Å². The number of hydrogen-bond acceptors (Lipinski definition) is 15. The zero-order valence-electron chi connectivity index (χ0n) is 60.9. The Balaban J connectivity index is 5.24. The average molecular weight is 1370 g/mol. The zero-order valence-corrected chi connectivity index (χ0v) is 62.7. The van der Waals surface area contributed by atoms with Crippen LogP contribution >= 0.6 is 15.6 Å². The summed E-state index contributed by atoms with van der Waals surface area (Å²) in [6.45, 7) is 14.2. The normalized spacial score (nSPS) is 15.1. The number of carbonyl (C=O) groups is 4. The van der Waals surface area contributed by atoms with E-state index < -0.39 is 97.5 Å². The molecular weight excluding hydrogens is 1220 g/mol. The van der Waals surface area contributed by atoms with Crippen LogP contribution in [0.1, 0.15) is 370 Å². The summed E-state index contributed by atoms with van der Waals surface area (Å²) in [5, 5.41) is 10.6. The monoisotopic (exact) mass is 1370 g/mol. The molecule has 0 amide bonds. The Bertz CT molecular complexity index is 1840. The maximum Gasteiger partial charge on any atom is 0.472 e. The van der Waals surface area contributed by atoms with E-state index in [1.807, 2.05) is 0 Å². The Morgan fingerprint density at radius 3 is 0.763 bits per heavy atom. The molecule has 0 saturated heterocycles. The van der Waals surface area contributed by atoms with E-state index in [-0.39, 0.29) is 25.7 Å². The van der Waals surface area contributed by atoms with Crippen molar-refractivity contribution in [2.45, 2.75) is 388 Å². The first-order chi connectivity index (χ1) is 44.7. The minimum Gasteiger partial charge on any atom is -0.462 e. The molecule has 0 aromatic rings. The maximum atomic E-state index is 13.1. The highest BCUT2D eigenvalue weighted by Crippen LogP contribution is 2.45. The SMILES string of the molecule is CCC(C)CCCCCCCCCCCCCCCCC(=O)O[C@H](COC(=O)CCCCCCCCC(C)CC)COP(=O)(O)OC[C@H](O)COP(=O)(O)OC[C@@H](COC(=O)CCCCCCCCCCC(C)C)OC(=O)CCCCCCCCCCCCC(C)CC. The van der Waals surface area contributed by atoms with Gasteiger partial charge in [-0.05, 0) is 49.4 Å². The molecule has 0 radical (unpaired) electrons. The summed E-state index contributed by atoms with van der Waals surface area (Å²) in [7, 11) is -9.91. The molecule has 0 aromatic heterocycles. The van der Waals surface area contributed by atoms with Crippen molar-refractivity contribution in [1.29, 1.82) is 0 Å². The molecule has 0 spiro atoms. The number of esters is 4. The van der Waals surface area contributed by atoms with Gasteiger partial charge in [-0.3, -0.25) is 37.3 Å². The topological polar surface area (TPSA) is 237 Å². The predicted octanol–water partition coefficient (Wildman–Crippen LogP) is 21.3. The lowest BCUT2D eigenvalue weighted by Gasteiger charge is -2.21. The van der Waals surface area contributed by atoms with Crippen LogP contribution < -0.4 is 0 Å². The number of aliphatic hydroxyl groups excluding tert-OH is 1. The Hall–Kier alpha value is -1.94. The number of rotatable bonds is 71. The van der Waals surface area contributed by atoms with Gasteiger partial charge in [0.05, 0.1) is 26.4 Å². The molecule has 3 N–H and O–H groups in total. The fraction of sp³-hybridized carbons (Fsp3) is 0.946. The third kappa shape index (κ3) is 64.5. The third-order valence-corrected chi connectivity index (χ3v) is 20.1. The first-order valence-electron chi connectivity index (χ1n) is 38.3. The second-order valence-electron chi connectivity index (χ2n) is 27.9. The molecule has 19 heteroatoms. The van der Waals surface area contributed by atoms with Gasteiger partial charge >= 0.3 is 39.5 Å². The fourth-order valence-corrected chi connectivity index (χ4v) is 12.7. The van der Waals surface area contributed by atoms with E-state index in [0.717, 1.165) is 120 Å². The van der Waals surface area contributed by atoms with E-state index in [0.29, 0.717) is 25.7 Å². The quantitative estimate of drug-likeness (QED) is 0.0222. The molecule has 93 heavy (non-hydrogen) atoms. The van der Waals surface area contributed by atoms with E-state index in [2.05, 4.69) is 55.4 Å². The van der Waals surface area contributed by atoms with E-state index in [1.165, 1.54) is 167 Å². The second-order valence-corrected chi connectivity index (χ2v) is 30.8. The van der Waals surface area contributed by atoms with Crippen molar-refractivity contribution in [3.05, 3.63) is 0 Å². The first-order valence-corrected chi connectivity index (χ1v) is 41.3. The number of carbonyl (C=O) groups excluding carboxylic acids is 4. The largest absolute Gasteiger partial charge is 0.472 e. The van der Waals surface area contributed by atoms with Crippen molar-refractivity contribution in [3.63, 3.8) is 0 Å². The molecule has 0 aromatic carbocycles. The Labute approximate surface area is 568 Å². The van der Waals surface area contributed by atoms with Gasteiger partial charge in [-0.2, -0.15) is 0 Å². The van der Waals surface area contributed by atoms with Gasteiger partial charge in [0, 0.05) is 25.7 Å². The molecule has 0 saturated carbocycles. The third-order valence-electron chi connectivity index (χ3n) is 18.2. The van der Waals surface area contributed by atoms with Gasteiger partial charge in [0.25, 0.3) is 0 Å². The van der Waals surface area contributed by atoms with Crippen molar-refractivity contribution >= 4 is 39.5 Å². The highest BCUT2D eigenvalue weighted by molar-refractivity contribution is 7.47. The van der Waals surface area contributed by atoms with E-state index in [4.69, 9.17) is 37.0 Å². The molecule has 17 nitrogen and oxygen atoms in total. The fourth-order valence-electron chi connectivity index (χ4n) is 11.1. The lowest BCUT2D eigenvalue weighted by atomic mass is 9.99. The van der Waals surface area contributed by atoms with Gasteiger partial charge in [-0.1, -0.05) is 319 Å². The van der Waals surface area contributed by atoms with Gasteiger partial charge in [0.15, 0.2) is 12.2 Å². The number of phosphoric ester groups is 2.